The average molecular weight is 606 g/mol. The number of aliphatic carboxylic acids is 1. The number of rotatable bonds is 9. The lowest BCUT2D eigenvalue weighted by molar-refractivity contribution is -0.139. The van der Waals surface area contributed by atoms with Crippen molar-refractivity contribution in [2.45, 2.75) is 75.8 Å². The molecule has 1 aliphatic heterocycles. The fourth-order valence-electron chi connectivity index (χ4n) is 5.73. The number of fused-ring (bicyclic) bond motifs is 1. The monoisotopic (exact) mass is 605 g/mol. The Hall–Kier alpha value is -2.82. The number of nitrogens with zero attached hydrogens (tertiary/aromatic N) is 2. The van der Waals surface area contributed by atoms with E-state index in [4.69, 9.17) is 16.3 Å². The Bertz CT molecular complexity index is 1330. The van der Waals surface area contributed by atoms with Crippen molar-refractivity contribution in [2.24, 2.45) is 11.8 Å². The van der Waals surface area contributed by atoms with Gasteiger partial charge in [-0.25, -0.2) is 18.0 Å². The number of nitrogens with one attached hydrogen (secondary N) is 1. The fourth-order valence-corrected chi connectivity index (χ4v) is 7.61. The molecular weight excluding hydrogens is 566 g/mol. The summed E-state index contributed by atoms with van der Waals surface area (Å²) in [7, 11) is -2.24. The minimum atomic E-state index is -3.90. The van der Waals surface area contributed by atoms with Crippen LogP contribution in [0.3, 0.4) is 0 Å². The molecule has 2 N–H and O–H groups in total. The van der Waals surface area contributed by atoms with E-state index >= 15 is 0 Å². The Balaban J connectivity index is 1.67. The second kappa shape index (κ2) is 13.4. The molecule has 0 aromatic heterocycles. The van der Waals surface area contributed by atoms with Crippen molar-refractivity contribution in [3.05, 3.63) is 53.1 Å². The highest BCUT2D eigenvalue weighted by atomic mass is 35.5. The number of sulfonamides is 1. The highest BCUT2D eigenvalue weighted by Crippen LogP contribution is 2.42. The Morgan fingerprint density at radius 3 is 2.44 bits per heavy atom. The number of alkyl carbamates (subject to hydrolysis) is 1. The molecule has 11 heteroatoms. The summed E-state index contributed by atoms with van der Waals surface area (Å²) in [6.07, 6.45) is 4.66. The van der Waals surface area contributed by atoms with Crippen LogP contribution in [0.4, 0.5) is 16.2 Å². The van der Waals surface area contributed by atoms with Crippen LogP contribution in [0.5, 0.6) is 0 Å². The predicted octanol–water partition coefficient (Wildman–Crippen LogP) is 5.83. The summed E-state index contributed by atoms with van der Waals surface area (Å²) in [5.41, 5.74) is 1.87. The Kier molecular flexibility index (Phi) is 10.2. The van der Waals surface area contributed by atoms with Gasteiger partial charge in [0.05, 0.1) is 12.3 Å². The van der Waals surface area contributed by atoms with Crippen molar-refractivity contribution in [1.82, 2.24) is 9.62 Å². The van der Waals surface area contributed by atoms with E-state index in [1.807, 2.05) is 49.1 Å². The Labute approximate surface area is 247 Å². The summed E-state index contributed by atoms with van der Waals surface area (Å²) >= 11 is 6.74. The number of hydrogen-bond donors (Lipinski definition) is 2. The number of ether oxygens (including phenoxy) is 1. The van der Waals surface area contributed by atoms with Crippen molar-refractivity contribution in [3.63, 3.8) is 0 Å². The Morgan fingerprint density at radius 2 is 1.80 bits per heavy atom. The topological polar surface area (TPSA) is 116 Å². The van der Waals surface area contributed by atoms with Crippen LogP contribution in [0, 0.1) is 11.8 Å². The zero-order valence-corrected chi connectivity index (χ0v) is 25.5. The van der Waals surface area contributed by atoms with E-state index in [2.05, 4.69) is 5.32 Å². The van der Waals surface area contributed by atoms with Crippen LogP contribution in [0.2, 0.25) is 5.02 Å². The number of carboxylic acid groups (broad SMARTS) is 1. The molecule has 2 aliphatic rings. The maximum absolute atomic E-state index is 14.1. The summed E-state index contributed by atoms with van der Waals surface area (Å²) < 4.78 is 34.8. The predicted molar refractivity (Wildman–Crippen MR) is 159 cm³/mol. The van der Waals surface area contributed by atoms with Crippen molar-refractivity contribution in [2.75, 3.05) is 25.1 Å². The molecule has 1 aliphatic carbocycles. The van der Waals surface area contributed by atoms with Gasteiger partial charge in [0.25, 0.3) is 0 Å². The number of benzene rings is 2. The molecule has 2 unspecified atom stereocenters. The summed E-state index contributed by atoms with van der Waals surface area (Å²) in [5.74, 6) is -0.859. The third-order valence-corrected chi connectivity index (χ3v) is 10.3. The van der Waals surface area contributed by atoms with E-state index in [1.54, 1.807) is 19.2 Å². The lowest BCUT2D eigenvalue weighted by Gasteiger charge is -2.36. The van der Waals surface area contributed by atoms with Gasteiger partial charge < -0.3 is 20.1 Å². The van der Waals surface area contributed by atoms with Gasteiger partial charge in [-0.1, -0.05) is 62.9 Å². The summed E-state index contributed by atoms with van der Waals surface area (Å²) in [6, 6.07) is 11.5. The fraction of sp³-hybridized carbons (Fsp3) is 0.533. The maximum atomic E-state index is 14.1. The lowest BCUT2D eigenvalue weighted by Crippen LogP contribution is -2.46. The van der Waals surface area contributed by atoms with E-state index < -0.39 is 28.1 Å². The number of likely N-dealkylation sites (N-methyl/N-ethyl adjacent to an activating group) is 1. The first-order valence-electron chi connectivity index (χ1n) is 14.3. The van der Waals surface area contributed by atoms with Crippen molar-refractivity contribution >= 4 is 45.1 Å². The Morgan fingerprint density at radius 1 is 1.12 bits per heavy atom. The number of aryl methyl sites for hydroxylation is 1. The van der Waals surface area contributed by atoms with Gasteiger partial charge in [-0.15, -0.1) is 0 Å². The number of carboxylic acids is 1. The molecule has 2 aromatic rings. The van der Waals surface area contributed by atoms with E-state index in [0.717, 1.165) is 31.4 Å². The molecular formula is C30H40ClN3O6S. The lowest BCUT2D eigenvalue weighted by atomic mass is 9.83. The van der Waals surface area contributed by atoms with Crippen LogP contribution < -0.4 is 10.2 Å². The molecule has 0 spiro atoms. The number of anilines is 2. The molecule has 1 amide bonds. The number of carbonyl (C=O) groups is 2. The van der Waals surface area contributed by atoms with Crippen LogP contribution in [0.25, 0.3) is 0 Å². The summed E-state index contributed by atoms with van der Waals surface area (Å²) in [4.78, 5) is 26.2. The zero-order valence-electron chi connectivity index (χ0n) is 23.9. The first-order chi connectivity index (χ1) is 19.5. The van der Waals surface area contributed by atoms with Gasteiger partial charge in [0, 0.05) is 30.3 Å². The number of amides is 1. The van der Waals surface area contributed by atoms with Crippen LogP contribution in [0.15, 0.2) is 47.4 Å². The number of carbonyl (C=O) groups excluding carboxylic acids is 1. The molecule has 2 atom stereocenters. The van der Waals surface area contributed by atoms with Crippen molar-refractivity contribution in [1.29, 1.82) is 0 Å². The maximum Gasteiger partial charge on any atom is 0.407 e. The molecule has 1 fully saturated rings. The van der Waals surface area contributed by atoms with E-state index in [1.165, 1.54) is 10.7 Å². The number of halogens is 1. The van der Waals surface area contributed by atoms with Crippen molar-refractivity contribution < 1.29 is 27.9 Å². The molecule has 0 saturated heterocycles. The third-order valence-electron chi connectivity index (χ3n) is 8.01. The number of hydrogen-bond acceptors (Lipinski definition) is 6. The van der Waals surface area contributed by atoms with Crippen molar-refractivity contribution in [3.8, 4) is 0 Å². The van der Waals surface area contributed by atoms with E-state index in [0.29, 0.717) is 22.8 Å². The molecule has 2 aromatic carbocycles. The second-order valence-electron chi connectivity index (χ2n) is 11.4. The molecule has 224 valence electrons. The molecule has 41 heavy (non-hydrogen) atoms. The minimum absolute atomic E-state index is 0.00754. The largest absolute Gasteiger partial charge is 0.480 e. The van der Waals surface area contributed by atoms with Crippen LogP contribution in [-0.4, -0.2) is 62.2 Å². The SMILES string of the molecule is CC(C)COC(=O)NC(CCc1cc2c(cc1Cl)N(c1ccccc1)CC(C1CCCCC1)N(C)S2(=O)=O)C(=O)O. The summed E-state index contributed by atoms with van der Waals surface area (Å²) in [5, 5.41) is 12.4. The minimum Gasteiger partial charge on any atom is -0.480 e. The van der Waals surface area contributed by atoms with Crippen LogP contribution in [-0.2, 0) is 26.0 Å². The average Bonchev–Trinajstić information content (AvgIpc) is 3.03. The molecule has 0 bridgehead atoms. The number of para-hydroxylation sites is 1. The van der Waals surface area contributed by atoms with E-state index in [9.17, 15) is 23.1 Å². The first kappa shape index (κ1) is 31.1. The second-order valence-corrected chi connectivity index (χ2v) is 13.8. The third kappa shape index (κ3) is 7.34. The normalized spacial score (nSPS) is 20.2. The molecule has 4 rings (SSSR count). The van der Waals surface area contributed by atoms with Gasteiger partial charge in [0.2, 0.25) is 10.0 Å². The standard InChI is InChI=1S/C30H40ClN3O6S/c1-20(2)19-40-30(37)32-25(29(35)36)15-14-22-16-28-26(17-24(22)31)34(23-12-8-5-9-13-23)18-27(33(3)41(28,38)39)21-10-6-4-7-11-21/h5,8-9,12-13,16-17,20-21,25,27H,4,6-7,10-11,14-15,18-19H2,1-3H3,(H,32,37)(H,35,36). The molecule has 9 nitrogen and oxygen atoms in total. The first-order valence-corrected chi connectivity index (χ1v) is 16.1. The van der Waals surface area contributed by atoms with E-state index in [-0.39, 0.29) is 42.2 Å². The highest BCUT2D eigenvalue weighted by molar-refractivity contribution is 7.89. The highest BCUT2D eigenvalue weighted by Gasteiger charge is 2.41. The molecule has 0 radical (unpaired) electrons. The smallest absolute Gasteiger partial charge is 0.407 e. The molecule has 1 heterocycles. The van der Waals surface area contributed by atoms with Crippen LogP contribution in [0.1, 0.15) is 57.9 Å². The van der Waals surface area contributed by atoms with Gasteiger partial charge in [0.1, 0.15) is 10.9 Å². The van der Waals surface area contributed by atoms with Crippen LogP contribution >= 0.6 is 11.6 Å². The molecule has 1 saturated carbocycles. The van der Waals surface area contributed by atoms with Gasteiger partial charge in [-0.05, 0) is 67.3 Å². The quantitative estimate of drug-likeness (QED) is 0.369. The zero-order chi connectivity index (χ0) is 29.7. The van der Waals surface area contributed by atoms with Gasteiger partial charge in [0.15, 0.2) is 0 Å². The summed E-state index contributed by atoms with van der Waals surface area (Å²) in [6.45, 7) is 4.42. The van der Waals surface area contributed by atoms with Gasteiger partial charge in [-0.2, -0.15) is 4.31 Å². The van der Waals surface area contributed by atoms with Gasteiger partial charge in [-0.3, -0.25) is 0 Å². The van der Waals surface area contributed by atoms with Gasteiger partial charge >= 0.3 is 12.1 Å².